The van der Waals surface area contributed by atoms with Crippen LogP contribution in [-0.4, -0.2) is 16.0 Å². The fourth-order valence-corrected chi connectivity index (χ4v) is 5.34. The first-order valence-electron chi connectivity index (χ1n) is 10.6. The molecule has 0 saturated carbocycles. The second-order valence-corrected chi connectivity index (χ2v) is 9.93. The summed E-state index contributed by atoms with van der Waals surface area (Å²) in [5.41, 5.74) is 4.70. The lowest BCUT2D eigenvalue weighted by molar-refractivity contribution is 0.0978. The van der Waals surface area contributed by atoms with Gasteiger partial charge < -0.3 is 5.32 Å². The number of rotatable bonds is 4. The topological polar surface area (TPSA) is 54.0 Å². The summed E-state index contributed by atoms with van der Waals surface area (Å²) in [7, 11) is 0. The highest BCUT2D eigenvalue weighted by Gasteiger charge is 2.17. The smallest absolute Gasteiger partial charge is 0.257 e. The Kier molecular flexibility index (Phi) is 6.79. The highest BCUT2D eigenvalue weighted by atomic mass is 35.5. The molecule has 0 fully saturated rings. The molecule has 2 N–H and O–H groups in total. The van der Waals surface area contributed by atoms with Crippen LogP contribution in [0.4, 0.5) is 5.69 Å². The number of thiocarbonyl (C=S) groups is 1. The van der Waals surface area contributed by atoms with Crippen LogP contribution in [0.3, 0.4) is 0 Å². The first kappa shape index (κ1) is 23.5. The number of carbonyl (C=O) groups is 1. The van der Waals surface area contributed by atoms with Gasteiger partial charge in [-0.15, -0.1) is 11.3 Å². The highest BCUT2D eigenvalue weighted by Crippen LogP contribution is 2.40. The molecule has 0 spiro atoms. The molecule has 0 atom stereocenters. The quantitative estimate of drug-likeness (QED) is 0.229. The van der Waals surface area contributed by atoms with Crippen LogP contribution < -0.4 is 10.6 Å². The van der Waals surface area contributed by atoms with Crippen molar-refractivity contribution in [1.29, 1.82) is 0 Å². The van der Waals surface area contributed by atoms with Gasteiger partial charge >= 0.3 is 0 Å². The van der Waals surface area contributed by atoms with Gasteiger partial charge in [-0.05, 0) is 59.7 Å². The number of nitrogens with zero attached hydrogens (tertiary/aromatic N) is 1. The van der Waals surface area contributed by atoms with Crippen LogP contribution in [-0.2, 0) is 0 Å². The Morgan fingerprint density at radius 3 is 2.29 bits per heavy atom. The van der Waals surface area contributed by atoms with Gasteiger partial charge in [0.25, 0.3) is 5.91 Å². The number of para-hydroxylation sites is 1. The number of hydrogen-bond acceptors (Lipinski definition) is 4. The molecule has 8 heteroatoms. The van der Waals surface area contributed by atoms with E-state index in [1.165, 1.54) is 11.3 Å². The molecule has 0 aliphatic rings. The number of amides is 1. The van der Waals surface area contributed by atoms with Gasteiger partial charge in [0.05, 0.1) is 20.9 Å². The van der Waals surface area contributed by atoms with E-state index in [0.717, 1.165) is 26.4 Å². The molecule has 5 aromatic rings. The fourth-order valence-electron chi connectivity index (χ4n) is 3.62. The number of halogens is 2. The summed E-state index contributed by atoms with van der Waals surface area (Å²) in [4.78, 5) is 17.5. The molecule has 0 aliphatic heterocycles. The van der Waals surface area contributed by atoms with E-state index in [2.05, 4.69) is 10.6 Å². The molecule has 0 saturated heterocycles. The predicted molar refractivity (Wildman–Crippen MR) is 151 cm³/mol. The molecular formula is C27H17Cl2N3OS2. The molecule has 0 radical (unpaired) electrons. The van der Waals surface area contributed by atoms with Gasteiger partial charge in [0, 0.05) is 16.1 Å². The van der Waals surface area contributed by atoms with Gasteiger partial charge in [-0.25, -0.2) is 4.98 Å². The number of hydrogen-bond donors (Lipinski definition) is 2. The molecule has 35 heavy (non-hydrogen) atoms. The second-order valence-electron chi connectivity index (χ2n) is 7.65. The standard InChI is InChI=1S/C27H17Cl2N3OS2/c28-19-14-20(26-30-22-8-4-5-9-23(22)35-26)24(21(29)15-19)31-27(34)32-25(33)18-12-10-17(11-13-18)16-6-2-1-3-7-16/h1-15H,(H2,31,32,33,34). The van der Waals surface area contributed by atoms with E-state index in [-0.39, 0.29) is 11.0 Å². The van der Waals surface area contributed by atoms with Gasteiger partial charge in [-0.1, -0.05) is 77.8 Å². The van der Waals surface area contributed by atoms with Crippen molar-refractivity contribution in [2.24, 2.45) is 0 Å². The monoisotopic (exact) mass is 533 g/mol. The van der Waals surface area contributed by atoms with E-state index in [0.29, 0.717) is 26.9 Å². The maximum Gasteiger partial charge on any atom is 0.257 e. The molecule has 1 aromatic heterocycles. The Hall–Kier alpha value is -3.29. The lowest BCUT2D eigenvalue weighted by Gasteiger charge is -2.15. The van der Waals surface area contributed by atoms with E-state index < -0.39 is 0 Å². The largest absolute Gasteiger partial charge is 0.331 e. The van der Waals surface area contributed by atoms with Crippen LogP contribution >= 0.6 is 46.8 Å². The molecule has 1 amide bonds. The predicted octanol–water partition coefficient (Wildman–Crippen LogP) is 8.06. The van der Waals surface area contributed by atoms with Gasteiger partial charge in [-0.2, -0.15) is 0 Å². The SMILES string of the molecule is O=C(NC(=S)Nc1c(Cl)cc(Cl)cc1-c1nc2ccccc2s1)c1ccc(-c2ccccc2)cc1. The van der Waals surface area contributed by atoms with Crippen molar-refractivity contribution in [2.45, 2.75) is 0 Å². The molecule has 0 aliphatic carbocycles. The number of carbonyl (C=O) groups excluding carboxylic acids is 1. The van der Waals surface area contributed by atoms with Crippen LogP contribution in [0.2, 0.25) is 10.0 Å². The van der Waals surface area contributed by atoms with Crippen LogP contribution in [0.15, 0.2) is 91.0 Å². The Bertz CT molecular complexity index is 1520. The van der Waals surface area contributed by atoms with Crippen LogP contribution in [0.1, 0.15) is 10.4 Å². The minimum absolute atomic E-state index is 0.119. The molecule has 4 nitrogen and oxygen atoms in total. The van der Waals surface area contributed by atoms with Crippen molar-refractivity contribution < 1.29 is 4.79 Å². The second kappa shape index (κ2) is 10.1. The zero-order chi connectivity index (χ0) is 24.4. The summed E-state index contributed by atoms with van der Waals surface area (Å²) in [5.74, 6) is -0.325. The third-order valence-corrected chi connectivity index (χ3v) is 7.09. The van der Waals surface area contributed by atoms with E-state index >= 15 is 0 Å². The van der Waals surface area contributed by atoms with Gasteiger partial charge in [-0.3, -0.25) is 10.1 Å². The van der Waals surface area contributed by atoms with Crippen molar-refractivity contribution in [3.8, 4) is 21.7 Å². The summed E-state index contributed by atoms with van der Waals surface area (Å²) < 4.78 is 1.04. The number of fused-ring (bicyclic) bond motifs is 1. The van der Waals surface area contributed by atoms with Crippen molar-refractivity contribution in [3.05, 3.63) is 107 Å². The molecule has 0 bridgehead atoms. The summed E-state index contributed by atoms with van der Waals surface area (Å²) >= 11 is 19.8. The fraction of sp³-hybridized carbons (Fsp3) is 0. The molecular weight excluding hydrogens is 517 g/mol. The molecule has 4 aromatic carbocycles. The van der Waals surface area contributed by atoms with E-state index in [9.17, 15) is 4.79 Å². The average molecular weight is 534 g/mol. The minimum Gasteiger partial charge on any atom is -0.331 e. The Morgan fingerprint density at radius 1 is 0.857 bits per heavy atom. The normalized spacial score (nSPS) is 10.8. The Balaban J connectivity index is 1.36. The molecule has 0 unspecified atom stereocenters. The number of benzene rings is 4. The number of anilines is 1. The van der Waals surface area contributed by atoms with Crippen LogP contribution in [0, 0.1) is 0 Å². The molecule has 1 heterocycles. The summed E-state index contributed by atoms with van der Waals surface area (Å²) in [6.07, 6.45) is 0. The third-order valence-electron chi connectivity index (χ3n) is 5.30. The maximum absolute atomic E-state index is 12.8. The van der Waals surface area contributed by atoms with Crippen LogP contribution in [0.5, 0.6) is 0 Å². The summed E-state index contributed by atoms with van der Waals surface area (Å²) in [6, 6.07) is 28.6. The van der Waals surface area contributed by atoms with Crippen LogP contribution in [0.25, 0.3) is 31.9 Å². The van der Waals surface area contributed by atoms with E-state index in [1.807, 2.05) is 66.7 Å². The maximum atomic E-state index is 12.8. The summed E-state index contributed by atoms with van der Waals surface area (Å²) in [6.45, 7) is 0. The lowest BCUT2D eigenvalue weighted by atomic mass is 10.0. The van der Waals surface area contributed by atoms with Gasteiger partial charge in [0.2, 0.25) is 0 Å². The zero-order valence-corrected chi connectivity index (χ0v) is 21.2. The lowest BCUT2D eigenvalue weighted by Crippen LogP contribution is -2.34. The minimum atomic E-state index is -0.325. The van der Waals surface area contributed by atoms with Gasteiger partial charge in [0.1, 0.15) is 5.01 Å². The number of aromatic nitrogens is 1. The van der Waals surface area contributed by atoms with Gasteiger partial charge in [0.15, 0.2) is 5.11 Å². The first-order chi connectivity index (χ1) is 17.0. The average Bonchev–Trinajstić information content (AvgIpc) is 3.30. The van der Waals surface area contributed by atoms with Crippen molar-refractivity contribution in [1.82, 2.24) is 10.3 Å². The number of nitrogens with one attached hydrogen (secondary N) is 2. The zero-order valence-electron chi connectivity index (χ0n) is 18.1. The van der Waals surface area contributed by atoms with Crippen molar-refractivity contribution >= 4 is 73.7 Å². The first-order valence-corrected chi connectivity index (χ1v) is 12.6. The van der Waals surface area contributed by atoms with E-state index in [4.69, 9.17) is 40.4 Å². The summed E-state index contributed by atoms with van der Waals surface area (Å²) in [5, 5.41) is 7.49. The third kappa shape index (κ3) is 5.21. The number of thiazole rings is 1. The molecule has 172 valence electrons. The Morgan fingerprint density at radius 2 is 1.54 bits per heavy atom. The van der Waals surface area contributed by atoms with Crippen molar-refractivity contribution in [2.75, 3.05) is 5.32 Å². The highest BCUT2D eigenvalue weighted by molar-refractivity contribution is 7.80. The molecule has 5 rings (SSSR count). The van der Waals surface area contributed by atoms with E-state index in [1.54, 1.807) is 24.3 Å². The Labute approximate surface area is 221 Å². The van der Waals surface area contributed by atoms with Crippen molar-refractivity contribution in [3.63, 3.8) is 0 Å².